The van der Waals surface area contributed by atoms with Gasteiger partial charge in [-0.25, -0.2) is 0 Å². The molecule has 8 heteroatoms. The third-order valence-electron chi connectivity index (χ3n) is 4.09. The van der Waals surface area contributed by atoms with Crippen LogP contribution >= 0.6 is 11.6 Å². The van der Waals surface area contributed by atoms with E-state index in [9.17, 15) is 19.7 Å². The number of amides is 2. The summed E-state index contributed by atoms with van der Waals surface area (Å²) in [6.07, 6.45) is 1.99. The zero-order valence-corrected chi connectivity index (χ0v) is 14.2. The van der Waals surface area contributed by atoms with E-state index in [0.717, 1.165) is 6.42 Å². The summed E-state index contributed by atoms with van der Waals surface area (Å²) in [4.78, 5) is 36.6. The Hall–Kier alpha value is -2.15. The summed E-state index contributed by atoms with van der Waals surface area (Å²) in [5.41, 5.74) is -0.270. The van der Waals surface area contributed by atoms with Crippen molar-refractivity contribution in [3.8, 4) is 0 Å². The van der Waals surface area contributed by atoms with E-state index in [-0.39, 0.29) is 28.1 Å². The molecule has 0 radical (unpaired) electrons. The van der Waals surface area contributed by atoms with Crippen molar-refractivity contribution in [2.24, 2.45) is 5.92 Å². The summed E-state index contributed by atoms with van der Waals surface area (Å²) in [6.45, 7) is 3.45. The second kappa shape index (κ2) is 8.10. The van der Waals surface area contributed by atoms with E-state index in [1.807, 2.05) is 6.92 Å². The van der Waals surface area contributed by atoms with E-state index in [0.29, 0.717) is 32.5 Å². The first-order valence-electron chi connectivity index (χ1n) is 7.95. The van der Waals surface area contributed by atoms with Crippen molar-refractivity contribution in [3.63, 3.8) is 0 Å². The van der Waals surface area contributed by atoms with Crippen LogP contribution in [0.3, 0.4) is 0 Å². The predicted molar refractivity (Wildman–Crippen MR) is 90.0 cm³/mol. The molecule has 0 atom stereocenters. The van der Waals surface area contributed by atoms with Crippen LogP contribution in [0.4, 0.5) is 5.69 Å². The van der Waals surface area contributed by atoms with E-state index in [1.165, 1.54) is 18.2 Å². The molecule has 0 saturated carbocycles. The van der Waals surface area contributed by atoms with Gasteiger partial charge in [0.15, 0.2) is 0 Å². The highest BCUT2D eigenvalue weighted by molar-refractivity contribution is 6.31. The molecule has 1 aromatic rings. The van der Waals surface area contributed by atoms with Gasteiger partial charge in [0.1, 0.15) is 5.56 Å². The monoisotopic (exact) mass is 353 g/mol. The molecule has 0 unspecified atom stereocenters. The fourth-order valence-corrected chi connectivity index (χ4v) is 2.91. The van der Waals surface area contributed by atoms with Crippen LogP contribution in [0.5, 0.6) is 0 Å². The number of carbonyl (C=O) groups excluding carboxylic acids is 2. The maximum absolute atomic E-state index is 12.6. The number of carbonyl (C=O) groups is 2. The van der Waals surface area contributed by atoms with Gasteiger partial charge in [-0.3, -0.25) is 19.7 Å². The summed E-state index contributed by atoms with van der Waals surface area (Å²) >= 11 is 5.77. The Bertz CT molecular complexity index is 642. The average Bonchev–Trinajstić information content (AvgIpc) is 2.59. The molecular weight excluding hydrogens is 334 g/mol. The van der Waals surface area contributed by atoms with Gasteiger partial charge in [0, 0.05) is 36.6 Å². The quantitative estimate of drug-likeness (QED) is 0.650. The number of nitro benzene ring substituents is 1. The number of likely N-dealkylation sites (tertiary alicyclic amines) is 1. The Morgan fingerprint density at radius 2 is 2.04 bits per heavy atom. The molecule has 2 rings (SSSR count). The molecule has 1 aliphatic rings. The van der Waals surface area contributed by atoms with Crippen molar-refractivity contribution >= 4 is 29.1 Å². The van der Waals surface area contributed by atoms with Crippen molar-refractivity contribution < 1.29 is 14.5 Å². The van der Waals surface area contributed by atoms with E-state index in [4.69, 9.17) is 11.6 Å². The molecule has 1 heterocycles. The molecule has 0 aliphatic carbocycles. The molecule has 1 fully saturated rings. The first-order valence-corrected chi connectivity index (χ1v) is 8.32. The maximum atomic E-state index is 12.6. The number of halogens is 1. The van der Waals surface area contributed by atoms with E-state index >= 15 is 0 Å². The first kappa shape index (κ1) is 18.2. The second-order valence-electron chi connectivity index (χ2n) is 5.78. The number of hydrogen-bond acceptors (Lipinski definition) is 4. The lowest BCUT2D eigenvalue weighted by molar-refractivity contribution is -0.385. The van der Waals surface area contributed by atoms with Gasteiger partial charge >= 0.3 is 0 Å². The van der Waals surface area contributed by atoms with Gasteiger partial charge in [-0.1, -0.05) is 18.5 Å². The highest BCUT2D eigenvalue weighted by Gasteiger charge is 2.30. The van der Waals surface area contributed by atoms with Crippen LogP contribution in [0.25, 0.3) is 0 Å². The third kappa shape index (κ3) is 4.23. The van der Waals surface area contributed by atoms with Crippen molar-refractivity contribution in [1.29, 1.82) is 0 Å². The molecule has 1 aromatic carbocycles. The molecule has 7 nitrogen and oxygen atoms in total. The lowest BCUT2D eigenvalue weighted by Gasteiger charge is -2.31. The molecule has 2 amide bonds. The Labute approximate surface area is 145 Å². The summed E-state index contributed by atoms with van der Waals surface area (Å²) < 4.78 is 0. The Morgan fingerprint density at radius 3 is 2.62 bits per heavy atom. The molecule has 0 aromatic heterocycles. The number of hydrogen-bond donors (Lipinski definition) is 1. The second-order valence-corrected chi connectivity index (χ2v) is 6.21. The van der Waals surface area contributed by atoms with Gasteiger partial charge in [0.2, 0.25) is 5.91 Å². The third-order valence-corrected chi connectivity index (χ3v) is 4.32. The molecule has 0 spiro atoms. The van der Waals surface area contributed by atoms with Crippen molar-refractivity contribution in [2.45, 2.75) is 26.2 Å². The zero-order valence-electron chi connectivity index (χ0n) is 13.5. The van der Waals surface area contributed by atoms with Crippen LogP contribution in [-0.2, 0) is 4.79 Å². The molecule has 130 valence electrons. The molecule has 1 N–H and O–H groups in total. The predicted octanol–water partition coefficient (Wildman–Crippen LogP) is 2.63. The highest BCUT2D eigenvalue weighted by atomic mass is 35.5. The molecule has 24 heavy (non-hydrogen) atoms. The minimum Gasteiger partial charge on any atom is -0.356 e. The number of nitro groups is 1. The maximum Gasteiger partial charge on any atom is 0.283 e. The first-order chi connectivity index (χ1) is 11.4. The van der Waals surface area contributed by atoms with Gasteiger partial charge in [-0.05, 0) is 31.4 Å². The lowest BCUT2D eigenvalue weighted by Crippen LogP contribution is -2.43. The van der Waals surface area contributed by atoms with Crippen LogP contribution < -0.4 is 5.32 Å². The number of nitrogens with one attached hydrogen (secondary N) is 1. The van der Waals surface area contributed by atoms with Crippen molar-refractivity contribution in [2.75, 3.05) is 19.6 Å². The van der Waals surface area contributed by atoms with Crippen LogP contribution in [-0.4, -0.2) is 41.3 Å². The summed E-state index contributed by atoms with van der Waals surface area (Å²) in [5.74, 6) is -0.493. The highest BCUT2D eigenvalue weighted by Crippen LogP contribution is 2.26. The summed E-state index contributed by atoms with van der Waals surface area (Å²) in [7, 11) is 0. The van der Waals surface area contributed by atoms with Gasteiger partial charge in [0.25, 0.3) is 11.6 Å². The Morgan fingerprint density at radius 1 is 1.38 bits per heavy atom. The van der Waals surface area contributed by atoms with E-state index in [1.54, 1.807) is 4.90 Å². The fraction of sp³-hybridized carbons (Fsp3) is 0.500. The molecule has 1 aliphatic heterocycles. The minimum atomic E-state index is -0.607. The largest absolute Gasteiger partial charge is 0.356 e. The van der Waals surface area contributed by atoms with Crippen molar-refractivity contribution in [3.05, 3.63) is 38.9 Å². The normalized spacial score (nSPS) is 15.2. The molecule has 1 saturated heterocycles. The van der Waals surface area contributed by atoms with Gasteiger partial charge in [0.05, 0.1) is 4.92 Å². The minimum absolute atomic E-state index is 0.0152. The Kier molecular flexibility index (Phi) is 6.14. The van der Waals surface area contributed by atoms with Gasteiger partial charge in [-0.2, -0.15) is 0 Å². The van der Waals surface area contributed by atoms with E-state index in [2.05, 4.69) is 5.32 Å². The molecular formula is C16H20ClN3O4. The summed E-state index contributed by atoms with van der Waals surface area (Å²) in [6, 6.07) is 4.02. The van der Waals surface area contributed by atoms with Crippen molar-refractivity contribution in [1.82, 2.24) is 10.2 Å². The number of rotatable bonds is 5. The number of piperidine rings is 1. The summed E-state index contributed by atoms with van der Waals surface area (Å²) in [5, 5.41) is 14.2. The lowest BCUT2D eigenvalue weighted by atomic mass is 9.95. The molecule has 0 bridgehead atoms. The van der Waals surface area contributed by atoms with Crippen LogP contribution in [0.15, 0.2) is 18.2 Å². The number of benzene rings is 1. The topological polar surface area (TPSA) is 92.6 Å². The smallest absolute Gasteiger partial charge is 0.283 e. The van der Waals surface area contributed by atoms with Crippen LogP contribution in [0.1, 0.15) is 36.5 Å². The number of nitrogens with zero attached hydrogens (tertiary/aromatic N) is 2. The Balaban J connectivity index is 2.03. The van der Waals surface area contributed by atoms with Gasteiger partial charge in [-0.15, -0.1) is 0 Å². The fourth-order valence-electron chi connectivity index (χ4n) is 2.74. The zero-order chi connectivity index (χ0) is 17.7. The standard InChI is InChI=1S/C16H20ClN3O4/c1-2-7-18-15(21)11-5-8-19(9-6-11)16(22)13-4-3-12(17)10-14(13)20(23)24/h3-4,10-11H,2,5-9H2,1H3,(H,18,21). The average molecular weight is 354 g/mol. The van der Waals surface area contributed by atoms with Crippen LogP contribution in [0, 0.1) is 16.0 Å². The van der Waals surface area contributed by atoms with Crippen LogP contribution in [0.2, 0.25) is 5.02 Å². The van der Waals surface area contributed by atoms with Gasteiger partial charge < -0.3 is 10.2 Å². The van der Waals surface area contributed by atoms with E-state index < -0.39 is 10.8 Å². The SMILES string of the molecule is CCCNC(=O)C1CCN(C(=O)c2ccc(Cl)cc2[N+](=O)[O-])CC1.